The van der Waals surface area contributed by atoms with Crippen LogP contribution in [0, 0.1) is 0 Å². The number of amides is 1. The predicted octanol–water partition coefficient (Wildman–Crippen LogP) is 4.20. The van der Waals surface area contributed by atoms with Crippen LogP contribution in [0.2, 0.25) is 0 Å². The van der Waals surface area contributed by atoms with E-state index in [-0.39, 0.29) is 5.91 Å². The van der Waals surface area contributed by atoms with Gasteiger partial charge in [-0.25, -0.2) is 5.43 Å². The van der Waals surface area contributed by atoms with E-state index in [1.807, 2.05) is 73.7 Å². The maximum Gasteiger partial charge on any atom is 0.289 e. The van der Waals surface area contributed by atoms with E-state index in [9.17, 15) is 4.79 Å². The van der Waals surface area contributed by atoms with Crippen LogP contribution in [0.15, 0.2) is 90.3 Å². The Bertz CT molecular complexity index is 1170. The zero-order chi connectivity index (χ0) is 21.5. The highest BCUT2D eigenvalue weighted by atomic mass is 16.5. The third-order valence-corrected chi connectivity index (χ3v) is 4.64. The number of benzene rings is 2. The zero-order valence-electron chi connectivity index (χ0n) is 16.9. The highest BCUT2D eigenvalue weighted by molar-refractivity contribution is 6.00. The fourth-order valence-corrected chi connectivity index (χ4v) is 2.90. The number of hydrogen-bond donors (Lipinski definition) is 2. The van der Waals surface area contributed by atoms with Gasteiger partial charge in [-0.15, -0.1) is 0 Å². The van der Waals surface area contributed by atoms with Gasteiger partial charge in [-0.05, 0) is 55.0 Å². The molecule has 4 aromatic rings. The maximum absolute atomic E-state index is 12.4. The van der Waals surface area contributed by atoms with E-state index in [0.29, 0.717) is 23.7 Å². The van der Waals surface area contributed by atoms with Crippen molar-refractivity contribution >= 4 is 11.6 Å². The quantitative estimate of drug-likeness (QED) is 0.352. The van der Waals surface area contributed by atoms with Crippen LogP contribution in [0.1, 0.15) is 28.5 Å². The molecule has 0 aliphatic rings. The Morgan fingerprint density at radius 1 is 1.03 bits per heavy atom. The highest BCUT2D eigenvalue weighted by Gasteiger charge is 2.11. The average molecular weight is 411 g/mol. The molecule has 154 valence electrons. The zero-order valence-corrected chi connectivity index (χ0v) is 16.9. The number of hydrazone groups is 1. The molecule has 7 nitrogen and oxygen atoms in total. The van der Waals surface area contributed by atoms with E-state index in [2.05, 4.69) is 25.7 Å². The molecule has 4 rings (SSSR count). The first kappa shape index (κ1) is 20.0. The first-order valence-corrected chi connectivity index (χ1v) is 9.76. The second-order valence-corrected chi connectivity index (χ2v) is 6.84. The molecule has 0 fully saturated rings. The molecule has 2 aromatic heterocycles. The monoisotopic (exact) mass is 411 g/mol. The van der Waals surface area contributed by atoms with Gasteiger partial charge in [0.25, 0.3) is 5.91 Å². The summed E-state index contributed by atoms with van der Waals surface area (Å²) in [7, 11) is 0. The molecule has 0 radical (unpaired) electrons. The molecule has 7 heteroatoms. The predicted molar refractivity (Wildman–Crippen MR) is 119 cm³/mol. The van der Waals surface area contributed by atoms with Gasteiger partial charge in [0, 0.05) is 23.5 Å². The number of H-pyrrole nitrogens is 1. The molecular formula is C24H21N5O2. The summed E-state index contributed by atoms with van der Waals surface area (Å²) in [5, 5.41) is 11.1. The smallest absolute Gasteiger partial charge is 0.289 e. The van der Waals surface area contributed by atoms with Crippen molar-refractivity contribution in [1.29, 1.82) is 0 Å². The molecule has 2 aromatic carbocycles. The second-order valence-electron chi connectivity index (χ2n) is 6.84. The molecule has 2 N–H and O–H groups in total. The summed E-state index contributed by atoms with van der Waals surface area (Å²) < 4.78 is 5.81. The summed E-state index contributed by atoms with van der Waals surface area (Å²) in [5.41, 5.74) is 7.08. The Kier molecular flexibility index (Phi) is 6.13. The number of nitrogens with zero attached hydrogens (tertiary/aromatic N) is 3. The molecule has 1 amide bonds. The lowest BCUT2D eigenvalue weighted by molar-refractivity contribution is 0.0950. The lowest BCUT2D eigenvalue weighted by Gasteiger charge is -2.06. The summed E-state index contributed by atoms with van der Waals surface area (Å²) in [6.45, 7) is 2.32. The van der Waals surface area contributed by atoms with E-state index >= 15 is 0 Å². The molecule has 0 aliphatic carbocycles. The number of nitrogens with one attached hydrogen (secondary N) is 2. The van der Waals surface area contributed by atoms with Gasteiger partial charge >= 0.3 is 0 Å². The number of pyridine rings is 1. The van der Waals surface area contributed by atoms with Crippen molar-refractivity contribution < 1.29 is 9.53 Å². The van der Waals surface area contributed by atoms with Crippen LogP contribution in [-0.2, 0) is 6.61 Å². The molecule has 0 saturated carbocycles. The van der Waals surface area contributed by atoms with Crippen LogP contribution in [0.3, 0.4) is 0 Å². The Labute approximate surface area is 179 Å². The average Bonchev–Trinajstić information content (AvgIpc) is 3.33. The number of rotatable bonds is 7. The second kappa shape index (κ2) is 9.49. The molecule has 2 heterocycles. The summed E-state index contributed by atoms with van der Waals surface area (Å²) >= 11 is 0. The number of carbonyl (C=O) groups excluding carboxylic acids is 1. The highest BCUT2D eigenvalue weighted by Crippen LogP contribution is 2.22. The van der Waals surface area contributed by atoms with Crippen molar-refractivity contribution in [2.24, 2.45) is 5.10 Å². The Morgan fingerprint density at radius 2 is 1.77 bits per heavy atom. The SMILES string of the molecule is C/C(=N/NC(=O)c1cc(-c2ccc(OCc3ccccc3)cc2)n[nH]1)c1ccncc1. The van der Waals surface area contributed by atoms with Crippen LogP contribution in [0.25, 0.3) is 11.3 Å². The van der Waals surface area contributed by atoms with E-state index < -0.39 is 0 Å². The minimum atomic E-state index is -0.366. The van der Waals surface area contributed by atoms with E-state index in [1.165, 1.54) is 0 Å². The first-order chi connectivity index (χ1) is 15.2. The molecule has 0 aliphatic heterocycles. The Balaban J connectivity index is 1.37. The maximum atomic E-state index is 12.4. The normalized spacial score (nSPS) is 11.2. The molecule has 0 unspecified atom stereocenters. The lowest BCUT2D eigenvalue weighted by atomic mass is 10.1. The van der Waals surface area contributed by atoms with Gasteiger partial charge < -0.3 is 4.74 Å². The first-order valence-electron chi connectivity index (χ1n) is 9.76. The van der Waals surface area contributed by atoms with Crippen molar-refractivity contribution in [3.63, 3.8) is 0 Å². The topological polar surface area (TPSA) is 92.3 Å². The van der Waals surface area contributed by atoms with Crippen molar-refractivity contribution in [3.8, 4) is 17.0 Å². The minimum Gasteiger partial charge on any atom is -0.489 e. The molecule has 0 atom stereocenters. The van der Waals surface area contributed by atoms with Crippen LogP contribution in [0.5, 0.6) is 5.75 Å². The van der Waals surface area contributed by atoms with Gasteiger partial charge in [0.2, 0.25) is 0 Å². The summed E-state index contributed by atoms with van der Waals surface area (Å²) in [5.74, 6) is 0.400. The van der Waals surface area contributed by atoms with Crippen molar-refractivity contribution in [2.45, 2.75) is 13.5 Å². The standard InChI is InChI=1S/C24H21N5O2/c1-17(19-11-13-25-14-12-19)26-29-24(30)23-15-22(27-28-23)20-7-9-21(10-8-20)31-16-18-5-3-2-4-6-18/h2-15H,16H2,1H3,(H,27,28)(H,29,30)/b26-17-. The number of aromatic nitrogens is 3. The van der Waals surface area contributed by atoms with Gasteiger partial charge in [0.1, 0.15) is 18.1 Å². The van der Waals surface area contributed by atoms with E-state index in [4.69, 9.17) is 4.74 Å². The molecule has 0 bridgehead atoms. The molecule has 0 spiro atoms. The van der Waals surface area contributed by atoms with Gasteiger partial charge in [-0.2, -0.15) is 10.2 Å². The molecule has 0 saturated heterocycles. The van der Waals surface area contributed by atoms with Gasteiger partial charge in [-0.3, -0.25) is 14.9 Å². The Morgan fingerprint density at radius 3 is 2.52 bits per heavy atom. The van der Waals surface area contributed by atoms with Gasteiger partial charge in [0.05, 0.1) is 11.4 Å². The van der Waals surface area contributed by atoms with Crippen LogP contribution < -0.4 is 10.2 Å². The summed E-state index contributed by atoms with van der Waals surface area (Å²) in [6.07, 6.45) is 3.35. The number of aromatic amines is 1. The van der Waals surface area contributed by atoms with Gasteiger partial charge in [-0.1, -0.05) is 30.3 Å². The largest absolute Gasteiger partial charge is 0.489 e. The number of ether oxygens (including phenoxy) is 1. The van der Waals surface area contributed by atoms with E-state index in [0.717, 1.165) is 22.4 Å². The fourth-order valence-electron chi connectivity index (χ4n) is 2.90. The summed E-state index contributed by atoms with van der Waals surface area (Å²) in [6, 6.07) is 22.9. The molecule has 31 heavy (non-hydrogen) atoms. The number of carbonyl (C=O) groups is 1. The minimum absolute atomic E-state index is 0.325. The van der Waals surface area contributed by atoms with Gasteiger partial charge in [0.15, 0.2) is 0 Å². The van der Waals surface area contributed by atoms with E-state index in [1.54, 1.807) is 18.5 Å². The van der Waals surface area contributed by atoms with Crippen LogP contribution in [-0.4, -0.2) is 26.8 Å². The third-order valence-electron chi connectivity index (χ3n) is 4.64. The summed E-state index contributed by atoms with van der Waals surface area (Å²) in [4.78, 5) is 16.3. The lowest BCUT2D eigenvalue weighted by Crippen LogP contribution is -2.19. The Hall–Kier alpha value is -4.26. The third kappa shape index (κ3) is 5.22. The van der Waals surface area contributed by atoms with Crippen LogP contribution >= 0.6 is 0 Å². The number of hydrogen-bond acceptors (Lipinski definition) is 5. The van der Waals surface area contributed by atoms with Crippen molar-refractivity contribution in [3.05, 3.63) is 102 Å². The fraction of sp³-hybridized carbons (Fsp3) is 0.0833. The van der Waals surface area contributed by atoms with Crippen molar-refractivity contribution in [2.75, 3.05) is 0 Å². The van der Waals surface area contributed by atoms with Crippen molar-refractivity contribution in [1.82, 2.24) is 20.6 Å². The van der Waals surface area contributed by atoms with Crippen LogP contribution in [0.4, 0.5) is 0 Å². The molecular weight excluding hydrogens is 390 g/mol.